The monoisotopic (exact) mass is 554 g/mol. The normalized spacial score (nSPS) is 22.4. The Morgan fingerprint density at radius 3 is 2.35 bits per heavy atom. The molecule has 1 aromatic carbocycles. The van der Waals surface area contributed by atoms with E-state index in [1.165, 1.54) is 0 Å². The van der Waals surface area contributed by atoms with Crippen LogP contribution in [0.25, 0.3) is 10.9 Å². The van der Waals surface area contributed by atoms with Crippen LogP contribution in [0.5, 0.6) is 0 Å². The highest BCUT2D eigenvalue weighted by atomic mass is 16.6. The third kappa shape index (κ3) is 6.79. The number of amides is 1. The fourth-order valence-corrected chi connectivity index (χ4v) is 6.32. The summed E-state index contributed by atoms with van der Waals surface area (Å²) in [6.07, 6.45) is 3.79. The number of aromatic nitrogens is 2. The van der Waals surface area contributed by atoms with Crippen LogP contribution in [-0.4, -0.2) is 87.3 Å². The number of ether oxygens (including phenoxy) is 1. The zero-order valence-corrected chi connectivity index (χ0v) is 25.9. The number of nitrogens with zero attached hydrogens (tertiary/aromatic N) is 5. The Labute approximate surface area is 239 Å². The van der Waals surface area contributed by atoms with Crippen LogP contribution in [-0.2, 0) is 11.3 Å². The lowest BCUT2D eigenvalue weighted by Gasteiger charge is -2.47. The Morgan fingerprint density at radius 1 is 1.12 bits per heavy atom. The van der Waals surface area contributed by atoms with Gasteiger partial charge in [0.05, 0.1) is 16.9 Å². The number of piperazine rings is 1. The predicted molar refractivity (Wildman–Crippen MR) is 162 cm³/mol. The second kappa shape index (κ2) is 12.5. The third-order valence-electron chi connectivity index (χ3n) is 8.24. The number of likely N-dealkylation sites (tertiary alicyclic amines) is 1. The second-order valence-corrected chi connectivity index (χ2v) is 12.8. The molecule has 2 fully saturated rings. The first-order valence-electron chi connectivity index (χ1n) is 15.2. The molecule has 9 heteroatoms. The maximum atomic E-state index is 13.9. The van der Waals surface area contributed by atoms with E-state index in [-0.39, 0.29) is 29.8 Å². The lowest BCUT2D eigenvalue weighted by molar-refractivity contribution is -0.0247. The van der Waals surface area contributed by atoms with E-state index in [0.29, 0.717) is 31.1 Å². The van der Waals surface area contributed by atoms with Crippen LogP contribution >= 0.6 is 0 Å². The molecular weight excluding hydrogens is 504 g/mol. The fraction of sp³-hybridized carbons (Fsp3) is 0.710. The van der Waals surface area contributed by atoms with E-state index in [2.05, 4.69) is 49.0 Å². The van der Waals surface area contributed by atoms with Crippen LogP contribution < -0.4 is 10.9 Å². The van der Waals surface area contributed by atoms with Gasteiger partial charge in [0.15, 0.2) is 0 Å². The van der Waals surface area contributed by atoms with Gasteiger partial charge in [0.1, 0.15) is 11.4 Å². The Hall–Kier alpha value is -2.65. The molecule has 2 aliphatic heterocycles. The van der Waals surface area contributed by atoms with E-state index in [0.717, 1.165) is 55.8 Å². The Bertz CT molecular complexity index is 1220. The number of nitrogens with one attached hydrogen (secondary N) is 1. The van der Waals surface area contributed by atoms with Gasteiger partial charge in [-0.15, -0.1) is 0 Å². The summed E-state index contributed by atoms with van der Waals surface area (Å²) >= 11 is 0. The van der Waals surface area contributed by atoms with Crippen molar-refractivity contribution in [1.29, 1.82) is 0 Å². The average Bonchev–Trinajstić information content (AvgIpc) is 2.87. The maximum absolute atomic E-state index is 13.9. The second-order valence-electron chi connectivity index (χ2n) is 12.8. The third-order valence-corrected chi connectivity index (χ3v) is 8.24. The molecule has 3 atom stereocenters. The minimum atomic E-state index is -0.535. The van der Waals surface area contributed by atoms with Crippen LogP contribution in [0.1, 0.15) is 86.0 Å². The number of hydrogen-bond donors (Lipinski definition) is 1. The van der Waals surface area contributed by atoms with Crippen molar-refractivity contribution in [2.24, 2.45) is 0 Å². The van der Waals surface area contributed by atoms with Crippen LogP contribution in [0.15, 0.2) is 23.0 Å². The molecule has 40 heavy (non-hydrogen) atoms. The highest BCUT2D eigenvalue weighted by Gasteiger charge is 2.39. The van der Waals surface area contributed by atoms with E-state index in [1.807, 2.05) is 49.3 Å². The quantitative estimate of drug-likeness (QED) is 0.510. The van der Waals surface area contributed by atoms with Crippen molar-refractivity contribution in [3.63, 3.8) is 0 Å². The highest BCUT2D eigenvalue weighted by molar-refractivity contribution is 5.81. The van der Waals surface area contributed by atoms with E-state index in [4.69, 9.17) is 9.72 Å². The molecule has 0 saturated carbocycles. The van der Waals surface area contributed by atoms with Crippen molar-refractivity contribution in [2.75, 3.05) is 38.5 Å². The number of anilines is 1. The molecule has 0 aliphatic carbocycles. The Morgan fingerprint density at radius 2 is 1.77 bits per heavy atom. The first-order chi connectivity index (χ1) is 18.9. The van der Waals surface area contributed by atoms with Crippen molar-refractivity contribution in [3.05, 3.63) is 34.4 Å². The van der Waals surface area contributed by atoms with E-state index >= 15 is 0 Å². The standard InChI is InChI=1S/C31H50N6O3/c1-9-11-27(35-19-21(3)37(22(4)20-35)30(39)40-31(5,6)7)28-33-26-13-12-24(18-25(26)29(38)36(28)10-2)32-23-14-16-34(8)17-15-23/h12-13,18,21-23,27,32H,9-11,14-17,19-20H2,1-8H3/t21-,22+,27?. The summed E-state index contributed by atoms with van der Waals surface area (Å²) in [4.78, 5) is 38.6. The van der Waals surface area contributed by atoms with Gasteiger partial charge in [-0.25, -0.2) is 9.78 Å². The minimum absolute atomic E-state index is 0.00948. The van der Waals surface area contributed by atoms with E-state index in [9.17, 15) is 9.59 Å². The number of hydrogen-bond acceptors (Lipinski definition) is 7. The molecule has 9 nitrogen and oxygen atoms in total. The maximum Gasteiger partial charge on any atom is 0.410 e. The van der Waals surface area contributed by atoms with Crippen molar-refractivity contribution < 1.29 is 9.53 Å². The summed E-state index contributed by atoms with van der Waals surface area (Å²) in [5, 5.41) is 4.31. The first kappa shape index (κ1) is 30.3. The summed E-state index contributed by atoms with van der Waals surface area (Å²) in [5.74, 6) is 0.822. The summed E-state index contributed by atoms with van der Waals surface area (Å²) in [6.45, 7) is 18.2. The molecule has 2 aliphatic rings. The number of piperidine rings is 1. The molecule has 1 N–H and O–H groups in total. The average molecular weight is 555 g/mol. The Balaban J connectivity index is 1.62. The van der Waals surface area contributed by atoms with Crippen LogP contribution in [0, 0.1) is 0 Å². The summed E-state index contributed by atoms with van der Waals surface area (Å²) in [7, 11) is 2.16. The van der Waals surface area contributed by atoms with Gasteiger partial charge in [-0.1, -0.05) is 13.3 Å². The van der Waals surface area contributed by atoms with Gasteiger partial charge in [0.2, 0.25) is 0 Å². The SMILES string of the molecule is CCCC(c1nc2ccc(NC3CCN(C)CC3)cc2c(=O)n1CC)N1C[C@@H](C)N(C(=O)OC(C)(C)C)[C@@H](C)C1. The number of benzene rings is 1. The van der Waals surface area contributed by atoms with Gasteiger partial charge in [0, 0.05) is 43.4 Å². The summed E-state index contributed by atoms with van der Waals surface area (Å²) in [6, 6.07) is 6.41. The number of carbonyl (C=O) groups excluding carboxylic acids is 1. The summed E-state index contributed by atoms with van der Waals surface area (Å²) in [5.41, 5.74) is 1.22. The molecule has 2 aromatic rings. The smallest absolute Gasteiger partial charge is 0.410 e. The van der Waals surface area contributed by atoms with Crippen LogP contribution in [0.2, 0.25) is 0 Å². The molecule has 1 unspecified atom stereocenters. The molecule has 3 heterocycles. The van der Waals surface area contributed by atoms with Crippen molar-refractivity contribution in [3.8, 4) is 0 Å². The van der Waals surface area contributed by atoms with Crippen molar-refractivity contribution in [1.82, 2.24) is 24.3 Å². The molecule has 0 radical (unpaired) electrons. The van der Waals surface area contributed by atoms with Gasteiger partial charge in [-0.05, 0) is 99.1 Å². The first-order valence-corrected chi connectivity index (χ1v) is 15.2. The minimum Gasteiger partial charge on any atom is -0.444 e. The van der Waals surface area contributed by atoms with Gasteiger partial charge in [0.25, 0.3) is 5.56 Å². The van der Waals surface area contributed by atoms with Crippen molar-refractivity contribution >= 4 is 22.7 Å². The van der Waals surface area contributed by atoms with Crippen LogP contribution in [0.3, 0.4) is 0 Å². The molecular formula is C31H50N6O3. The van der Waals surface area contributed by atoms with Gasteiger partial charge in [-0.3, -0.25) is 14.3 Å². The van der Waals surface area contributed by atoms with E-state index < -0.39 is 5.60 Å². The van der Waals surface area contributed by atoms with E-state index in [1.54, 1.807) is 0 Å². The van der Waals surface area contributed by atoms with Crippen LogP contribution in [0.4, 0.5) is 10.5 Å². The zero-order chi connectivity index (χ0) is 29.2. The lowest BCUT2D eigenvalue weighted by Crippen LogP contribution is -2.60. The molecule has 0 bridgehead atoms. The van der Waals surface area contributed by atoms with Gasteiger partial charge in [-0.2, -0.15) is 0 Å². The molecule has 4 rings (SSSR count). The largest absolute Gasteiger partial charge is 0.444 e. The molecule has 222 valence electrons. The molecule has 1 amide bonds. The lowest BCUT2D eigenvalue weighted by atomic mass is 10.0. The predicted octanol–water partition coefficient (Wildman–Crippen LogP) is 5.09. The van der Waals surface area contributed by atoms with Crippen molar-refractivity contribution in [2.45, 2.75) is 110 Å². The number of carbonyl (C=O) groups is 1. The molecule has 1 aromatic heterocycles. The summed E-state index contributed by atoms with van der Waals surface area (Å²) < 4.78 is 7.57. The van der Waals surface area contributed by atoms with Gasteiger partial charge < -0.3 is 19.9 Å². The number of fused-ring (bicyclic) bond motifs is 1. The number of rotatable bonds is 7. The zero-order valence-electron chi connectivity index (χ0n) is 25.9. The van der Waals surface area contributed by atoms with Gasteiger partial charge >= 0.3 is 6.09 Å². The molecule has 0 spiro atoms. The topological polar surface area (TPSA) is 82.9 Å². The highest BCUT2D eigenvalue weighted by Crippen LogP contribution is 2.31. The fourth-order valence-electron chi connectivity index (χ4n) is 6.32. The molecule has 2 saturated heterocycles. The Kier molecular flexibility index (Phi) is 9.45.